The molecular formula is C19H44BrNO. The molecule has 0 aliphatic heterocycles. The first-order valence-electron chi connectivity index (χ1n) is 9.51. The van der Waals surface area contributed by atoms with Crippen molar-refractivity contribution in [1.29, 1.82) is 0 Å². The summed E-state index contributed by atoms with van der Waals surface area (Å²) in [6.45, 7) is 18.5. The lowest BCUT2D eigenvalue weighted by Gasteiger charge is -2.39. The number of unbranched alkanes of at least 4 members (excludes halogenated alkanes) is 4. The van der Waals surface area contributed by atoms with Crippen LogP contribution >= 0.6 is 0 Å². The molecule has 0 amide bonds. The molecule has 0 spiro atoms. The molecule has 0 aromatic carbocycles. The number of quaternary nitrogens is 1. The minimum atomic E-state index is -0.167. The first kappa shape index (κ1) is 27.3. The van der Waals surface area contributed by atoms with Crippen LogP contribution in [0.3, 0.4) is 0 Å². The first-order chi connectivity index (χ1) is 9.97. The van der Waals surface area contributed by atoms with Crippen LogP contribution in [-0.2, 0) is 0 Å². The second-order valence-corrected chi connectivity index (χ2v) is 6.74. The molecule has 0 saturated heterocycles. The van der Waals surface area contributed by atoms with Crippen molar-refractivity contribution in [3.05, 3.63) is 0 Å². The lowest BCUT2D eigenvalue weighted by molar-refractivity contribution is -0.929. The summed E-state index contributed by atoms with van der Waals surface area (Å²) in [6.07, 6.45) is 10.9. The Morgan fingerprint density at radius 2 is 0.818 bits per heavy atom. The summed E-state index contributed by atoms with van der Waals surface area (Å²) >= 11 is 0. The van der Waals surface area contributed by atoms with E-state index in [1.54, 1.807) is 13.8 Å². The SMILES string of the molecule is CC(C)O.CCCC[N+](CCCC)(CCCC)CCCC.[Br-]. The predicted molar refractivity (Wildman–Crippen MR) is 96.7 cm³/mol. The largest absolute Gasteiger partial charge is 1.00 e. The number of nitrogens with zero attached hydrogens (tertiary/aromatic N) is 1. The third kappa shape index (κ3) is 18.4. The molecule has 3 heteroatoms. The minimum absolute atomic E-state index is 0. The molecule has 0 aromatic heterocycles. The van der Waals surface area contributed by atoms with Crippen molar-refractivity contribution in [2.45, 2.75) is 99.0 Å². The standard InChI is InChI=1S/C16H36N.C3H8O.BrH/c1-5-9-13-17(14-10-6-2,15-11-7-3)16-12-8-4;1-3(2)4;/h5-16H2,1-4H3;3-4H,1-2H3;1H/q+1;;/p-1. The van der Waals surface area contributed by atoms with Crippen LogP contribution in [0, 0.1) is 0 Å². The monoisotopic (exact) mass is 381 g/mol. The molecule has 0 heterocycles. The van der Waals surface area contributed by atoms with Gasteiger partial charge in [0.25, 0.3) is 0 Å². The zero-order valence-electron chi connectivity index (χ0n) is 16.3. The molecule has 0 fully saturated rings. The summed E-state index contributed by atoms with van der Waals surface area (Å²) in [5.41, 5.74) is 0. The molecule has 0 aromatic rings. The Kier molecular flexibility index (Phi) is 24.1. The molecule has 0 saturated carbocycles. The van der Waals surface area contributed by atoms with Crippen molar-refractivity contribution in [3.8, 4) is 0 Å². The highest BCUT2D eigenvalue weighted by Crippen LogP contribution is 2.16. The second-order valence-electron chi connectivity index (χ2n) is 6.74. The third-order valence-corrected chi connectivity index (χ3v) is 3.94. The van der Waals surface area contributed by atoms with Gasteiger partial charge in [-0.15, -0.1) is 0 Å². The van der Waals surface area contributed by atoms with Crippen molar-refractivity contribution in [2.75, 3.05) is 26.2 Å². The Labute approximate surface area is 152 Å². The lowest BCUT2D eigenvalue weighted by atomic mass is 10.1. The quantitative estimate of drug-likeness (QED) is 0.514. The Morgan fingerprint density at radius 3 is 0.955 bits per heavy atom. The van der Waals surface area contributed by atoms with Crippen LogP contribution in [0.4, 0.5) is 0 Å². The molecule has 138 valence electrons. The van der Waals surface area contributed by atoms with E-state index in [9.17, 15) is 0 Å². The van der Waals surface area contributed by atoms with Crippen molar-refractivity contribution in [2.24, 2.45) is 0 Å². The van der Waals surface area contributed by atoms with E-state index >= 15 is 0 Å². The van der Waals surface area contributed by atoms with Crippen LogP contribution in [0.25, 0.3) is 0 Å². The van der Waals surface area contributed by atoms with Gasteiger partial charge < -0.3 is 26.6 Å². The number of rotatable bonds is 12. The maximum Gasteiger partial charge on any atom is 0.0786 e. The highest BCUT2D eigenvalue weighted by atomic mass is 79.9. The smallest absolute Gasteiger partial charge is 0.0786 e. The van der Waals surface area contributed by atoms with Gasteiger partial charge in [-0.3, -0.25) is 0 Å². The van der Waals surface area contributed by atoms with Gasteiger partial charge in [0.05, 0.1) is 26.2 Å². The van der Waals surface area contributed by atoms with Crippen LogP contribution in [0.2, 0.25) is 0 Å². The normalized spacial score (nSPS) is 10.9. The molecule has 0 aliphatic rings. The second kappa shape index (κ2) is 19.4. The molecule has 0 radical (unpaired) electrons. The van der Waals surface area contributed by atoms with E-state index in [1.807, 2.05) is 0 Å². The van der Waals surface area contributed by atoms with E-state index in [4.69, 9.17) is 5.11 Å². The van der Waals surface area contributed by atoms with Gasteiger partial charge in [0.1, 0.15) is 0 Å². The molecule has 0 unspecified atom stereocenters. The van der Waals surface area contributed by atoms with Gasteiger partial charge in [0, 0.05) is 6.10 Å². The topological polar surface area (TPSA) is 20.2 Å². The van der Waals surface area contributed by atoms with Crippen LogP contribution in [0.1, 0.15) is 92.9 Å². The van der Waals surface area contributed by atoms with E-state index in [0.717, 1.165) is 0 Å². The highest BCUT2D eigenvalue weighted by Gasteiger charge is 2.24. The van der Waals surface area contributed by atoms with E-state index in [0.29, 0.717) is 0 Å². The summed E-state index contributed by atoms with van der Waals surface area (Å²) in [5, 5.41) is 8.06. The predicted octanol–water partition coefficient (Wildman–Crippen LogP) is 2.39. The Hall–Kier alpha value is 0.400. The van der Waals surface area contributed by atoms with Gasteiger partial charge in [-0.1, -0.05) is 53.4 Å². The molecular weight excluding hydrogens is 338 g/mol. The van der Waals surface area contributed by atoms with E-state index < -0.39 is 0 Å². The van der Waals surface area contributed by atoms with Gasteiger partial charge in [-0.05, 0) is 39.5 Å². The Balaban J connectivity index is -0.000000640. The molecule has 1 N–H and O–H groups in total. The van der Waals surface area contributed by atoms with Crippen molar-refractivity contribution >= 4 is 0 Å². The van der Waals surface area contributed by atoms with Gasteiger partial charge in [-0.25, -0.2) is 0 Å². The van der Waals surface area contributed by atoms with Gasteiger partial charge in [0.15, 0.2) is 0 Å². The summed E-state index contributed by atoms with van der Waals surface area (Å²) < 4.78 is 1.42. The van der Waals surface area contributed by atoms with Crippen molar-refractivity contribution < 1.29 is 26.6 Å². The molecule has 0 atom stereocenters. The van der Waals surface area contributed by atoms with Gasteiger partial charge in [-0.2, -0.15) is 0 Å². The van der Waals surface area contributed by atoms with Crippen LogP contribution in [0.5, 0.6) is 0 Å². The average Bonchev–Trinajstić information content (AvgIpc) is 2.45. The maximum absolute atomic E-state index is 8.06. The number of halogens is 1. The zero-order valence-corrected chi connectivity index (χ0v) is 17.9. The number of hydrogen-bond donors (Lipinski definition) is 1. The lowest BCUT2D eigenvalue weighted by Crippen LogP contribution is -3.00. The molecule has 0 aliphatic carbocycles. The number of hydrogen-bond acceptors (Lipinski definition) is 1. The summed E-state index contributed by atoms with van der Waals surface area (Å²) in [7, 11) is 0. The molecule has 22 heavy (non-hydrogen) atoms. The van der Waals surface area contributed by atoms with Gasteiger partial charge in [0.2, 0.25) is 0 Å². The molecule has 0 bridgehead atoms. The Morgan fingerprint density at radius 1 is 0.636 bits per heavy atom. The summed E-state index contributed by atoms with van der Waals surface area (Å²) in [5.74, 6) is 0. The summed E-state index contributed by atoms with van der Waals surface area (Å²) in [6, 6.07) is 0. The average molecular weight is 382 g/mol. The molecule has 2 nitrogen and oxygen atoms in total. The van der Waals surface area contributed by atoms with Gasteiger partial charge >= 0.3 is 0 Å². The Bertz CT molecular complexity index is 158. The fourth-order valence-electron chi connectivity index (χ4n) is 2.64. The maximum atomic E-state index is 8.06. The number of aliphatic hydroxyl groups is 1. The number of aliphatic hydroxyl groups excluding tert-OH is 1. The van der Waals surface area contributed by atoms with Crippen LogP contribution in [0.15, 0.2) is 0 Å². The first-order valence-corrected chi connectivity index (χ1v) is 9.51. The van der Waals surface area contributed by atoms with E-state index in [-0.39, 0.29) is 23.1 Å². The van der Waals surface area contributed by atoms with Crippen LogP contribution in [-0.4, -0.2) is 41.9 Å². The fraction of sp³-hybridized carbons (Fsp3) is 1.00. The van der Waals surface area contributed by atoms with E-state index in [1.165, 1.54) is 82.0 Å². The fourth-order valence-corrected chi connectivity index (χ4v) is 2.64. The molecule has 0 rings (SSSR count). The van der Waals surface area contributed by atoms with Crippen LogP contribution < -0.4 is 17.0 Å². The highest BCUT2D eigenvalue weighted by molar-refractivity contribution is 4.49. The van der Waals surface area contributed by atoms with Crippen molar-refractivity contribution in [3.63, 3.8) is 0 Å². The van der Waals surface area contributed by atoms with E-state index in [2.05, 4.69) is 27.7 Å². The zero-order chi connectivity index (χ0) is 16.6. The minimum Gasteiger partial charge on any atom is -1.00 e. The third-order valence-electron chi connectivity index (χ3n) is 3.94. The summed E-state index contributed by atoms with van der Waals surface area (Å²) in [4.78, 5) is 0. The van der Waals surface area contributed by atoms with Crippen molar-refractivity contribution in [1.82, 2.24) is 0 Å².